The van der Waals surface area contributed by atoms with Gasteiger partial charge >= 0.3 is 0 Å². The van der Waals surface area contributed by atoms with Crippen LogP contribution in [0.3, 0.4) is 0 Å². The molecule has 0 atom stereocenters. The second-order valence-electron chi connectivity index (χ2n) is 4.53. The molecule has 0 fully saturated rings. The van der Waals surface area contributed by atoms with E-state index in [-0.39, 0.29) is 0 Å². The van der Waals surface area contributed by atoms with Crippen molar-refractivity contribution in [2.75, 3.05) is 5.73 Å². The second-order valence-corrected chi connectivity index (χ2v) is 4.53. The number of benzene rings is 1. The summed E-state index contributed by atoms with van der Waals surface area (Å²) < 4.78 is 0. The van der Waals surface area contributed by atoms with Crippen molar-refractivity contribution < 1.29 is 0 Å². The predicted octanol–water partition coefficient (Wildman–Crippen LogP) is 2.18. The Morgan fingerprint density at radius 1 is 1.18 bits per heavy atom. The SMILES string of the molecule is Nc1ccc2c(c1)CN(Cc1cccnc1)C2. The Bertz CT molecular complexity index is 522. The van der Waals surface area contributed by atoms with E-state index in [4.69, 9.17) is 5.73 Å². The summed E-state index contributed by atoms with van der Waals surface area (Å²) in [5.74, 6) is 0. The summed E-state index contributed by atoms with van der Waals surface area (Å²) in [6.07, 6.45) is 3.74. The fourth-order valence-electron chi connectivity index (χ4n) is 2.35. The highest BCUT2D eigenvalue weighted by Gasteiger charge is 2.18. The van der Waals surface area contributed by atoms with E-state index in [0.717, 1.165) is 25.3 Å². The maximum absolute atomic E-state index is 5.80. The van der Waals surface area contributed by atoms with Crippen LogP contribution in [0.15, 0.2) is 42.7 Å². The Labute approximate surface area is 101 Å². The van der Waals surface area contributed by atoms with Crippen LogP contribution in [0.4, 0.5) is 5.69 Å². The van der Waals surface area contributed by atoms with Crippen molar-refractivity contribution in [3.8, 4) is 0 Å². The molecule has 1 aromatic carbocycles. The minimum atomic E-state index is 0.854. The summed E-state index contributed by atoms with van der Waals surface area (Å²) >= 11 is 0. The first-order valence-corrected chi connectivity index (χ1v) is 5.80. The van der Waals surface area contributed by atoms with Gasteiger partial charge in [0.2, 0.25) is 0 Å². The number of pyridine rings is 1. The summed E-state index contributed by atoms with van der Waals surface area (Å²) in [6.45, 7) is 2.93. The summed E-state index contributed by atoms with van der Waals surface area (Å²) in [6, 6.07) is 10.3. The lowest BCUT2D eigenvalue weighted by molar-refractivity contribution is 0.275. The van der Waals surface area contributed by atoms with Gasteiger partial charge in [0.1, 0.15) is 0 Å². The first-order chi connectivity index (χ1) is 8.31. The van der Waals surface area contributed by atoms with E-state index in [9.17, 15) is 0 Å². The van der Waals surface area contributed by atoms with E-state index in [1.54, 1.807) is 0 Å². The van der Waals surface area contributed by atoms with Crippen molar-refractivity contribution in [1.82, 2.24) is 9.88 Å². The first-order valence-electron chi connectivity index (χ1n) is 5.80. The second kappa shape index (κ2) is 4.18. The number of nitrogens with zero attached hydrogens (tertiary/aromatic N) is 2. The maximum Gasteiger partial charge on any atom is 0.0317 e. The number of fused-ring (bicyclic) bond motifs is 1. The molecule has 0 radical (unpaired) electrons. The number of nitrogen functional groups attached to an aromatic ring is 1. The number of hydrogen-bond acceptors (Lipinski definition) is 3. The highest BCUT2D eigenvalue weighted by molar-refractivity contribution is 5.46. The normalized spacial score (nSPS) is 14.8. The van der Waals surface area contributed by atoms with Gasteiger partial charge in [0.05, 0.1) is 0 Å². The maximum atomic E-state index is 5.80. The molecule has 0 unspecified atom stereocenters. The molecule has 2 aromatic rings. The summed E-state index contributed by atoms with van der Waals surface area (Å²) in [4.78, 5) is 6.55. The van der Waals surface area contributed by atoms with Gasteiger partial charge in [-0.25, -0.2) is 0 Å². The van der Waals surface area contributed by atoms with Crippen molar-refractivity contribution in [2.45, 2.75) is 19.6 Å². The van der Waals surface area contributed by atoms with Crippen LogP contribution in [0, 0.1) is 0 Å². The van der Waals surface area contributed by atoms with E-state index in [0.29, 0.717) is 0 Å². The van der Waals surface area contributed by atoms with Gasteiger partial charge < -0.3 is 5.73 Å². The van der Waals surface area contributed by atoms with E-state index in [2.05, 4.69) is 28.1 Å². The molecule has 2 N–H and O–H groups in total. The average molecular weight is 225 g/mol. The van der Waals surface area contributed by atoms with Gasteiger partial charge in [0.25, 0.3) is 0 Å². The van der Waals surface area contributed by atoms with Crippen LogP contribution in [0.2, 0.25) is 0 Å². The molecule has 1 aliphatic heterocycles. The van der Waals surface area contributed by atoms with Gasteiger partial charge in [-0.3, -0.25) is 9.88 Å². The Balaban J connectivity index is 1.74. The lowest BCUT2D eigenvalue weighted by atomic mass is 10.1. The third kappa shape index (κ3) is 2.15. The number of aromatic nitrogens is 1. The molecule has 3 rings (SSSR count). The molecule has 17 heavy (non-hydrogen) atoms. The van der Waals surface area contributed by atoms with Crippen molar-refractivity contribution in [3.05, 3.63) is 59.4 Å². The molecule has 1 aliphatic rings. The number of hydrogen-bond donors (Lipinski definition) is 1. The molecule has 2 heterocycles. The van der Waals surface area contributed by atoms with Crippen LogP contribution in [-0.4, -0.2) is 9.88 Å². The van der Waals surface area contributed by atoms with E-state index in [1.807, 2.05) is 24.5 Å². The molecule has 1 aromatic heterocycles. The lowest BCUT2D eigenvalue weighted by Gasteiger charge is -2.14. The summed E-state index contributed by atoms with van der Waals surface area (Å²) in [7, 11) is 0. The van der Waals surface area contributed by atoms with Gasteiger partial charge in [-0.15, -0.1) is 0 Å². The Morgan fingerprint density at radius 3 is 2.88 bits per heavy atom. The molecule has 0 bridgehead atoms. The van der Waals surface area contributed by atoms with Crippen molar-refractivity contribution in [2.24, 2.45) is 0 Å². The van der Waals surface area contributed by atoms with Crippen LogP contribution >= 0.6 is 0 Å². The highest BCUT2D eigenvalue weighted by Crippen LogP contribution is 2.25. The zero-order chi connectivity index (χ0) is 11.7. The van der Waals surface area contributed by atoms with Gasteiger partial charge in [0, 0.05) is 37.7 Å². The van der Waals surface area contributed by atoms with E-state index >= 15 is 0 Å². The lowest BCUT2D eigenvalue weighted by Crippen LogP contribution is -2.15. The number of anilines is 1. The van der Waals surface area contributed by atoms with Gasteiger partial charge in [-0.2, -0.15) is 0 Å². The Hall–Kier alpha value is -1.87. The zero-order valence-electron chi connectivity index (χ0n) is 9.63. The number of rotatable bonds is 2. The van der Waals surface area contributed by atoms with Crippen LogP contribution in [-0.2, 0) is 19.6 Å². The molecular weight excluding hydrogens is 210 g/mol. The number of nitrogens with two attached hydrogens (primary N) is 1. The van der Waals surface area contributed by atoms with E-state index in [1.165, 1.54) is 16.7 Å². The molecule has 0 saturated carbocycles. The average Bonchev–Trinajstić information content (AvgIpc) is 2.71. The molecule has 0 amide bonds. The summed E-state index contributed by atoms with van der Waals surface area (Å²) in [5.41, 5.74) is 10.7. The summed E-state index contributed by atoms with van der Waals surface area (Å²) in [5, 5.41) is 0. The fourth-order valence-corrected chi connectivity index (χ4v) is 2.35. The third-order valence-corrected chi connectivity index (χ3v) is 3.15. The Kier molecular flexibility index (Phi) is 2.53. The van der Waals surface area contributed by atoms with Gasteiger partial charge in [-0.05, 0) is 34.9 Å². The first kappa shape index (κ1) is 10.3. The standard InChI is InChI=1S/C14H15N3/c15-14-4-3-12-9-17(10-13(12)6-14)8-11-2-1-5-16-7-11/h1-7H,8-10,15H2. The topological polar surface area (TPSA) is 42.1 Å². The third-order valence-electron chi connectivity index (χ3n) is 3.15. The fraction of sp³-hybridized carbons (Fsp3) is 0.214. The van der Waals surface area contributed by atoms with Gasteiger partial charge in [0.15, 0.2) is 0 Å². The van der Waals surface area contributed by atoms with Crippen molar-refractivity contribution >= 4 is 5.69 Å². The molecule has 0 spiro atoms. The molecule has 0 saturated heterocycles. The van der Waals surface area contributed by atoms with E-state index < -0.39 is 0 Å². The monoisotopic (exact) mass is 225 g/mol. The minimum absolute atomic E-state index is 0.854. The highest BCUT2D eigenvalue weighted by atomic mass is 15.1. The molecular formula is C14H15N3. The van der Waals surface area contributed by atoms with Crippen LogP contribution in [0.1, 0.15) is 16.7 Å². The molecule has 3 heteroatoms. The molecule has 0 aliphatic carbocycles. The molecule has 86 valence electrons. The smallest absolute Gasteiger partial charge is 0.0317 e. The van der Waals surface area contributed by atoms with Crippen molar-refractivity contribution in [3.63, 3.8) is 0 Å². The predicted molar refractivity (Wildman–Crippen MR) is 68.0 cm³/mol. The van der Waals surface area contributed by atoms with Crippen LogP contribution < -0.4 is 5.73 Å². The van der Waals surface area contributed by atoms with Crippen LogP contribution in [0.5, 0.6) is 0 Å². The van der Waals surface area contributed by atoms with Gasteiger partial charge in [-0.1, -0.05) is 12.1 Å². The molecule has 3 nitrogen and oxygen atoms in total. The Morgan fingerprint density at radius 2 is 2.06 bits per heavy atom. The van der Waals surface area contributed by atoms with Crippen molar-refractivity contribution in [1.29, 1.82) is 0 Å². The largest absolute Gasteiger partial charge is 0.399 e. The minimum Gasteiger partial charge on any atom is -0.399 e. The van der Waals surface area contributed by atoms with Crippen LogP contribution in [0.25, 0.3) is 0 Å². The zero-order valence-corrected chi connectivity index (χ0v) is 9.63. The quantitative estimate of drug-likeness (QED) is 0.796.